The van der Waals surface area contributed by atoms with Crippen molar-refractivity contribution in [2.24, 2.45) is 0 Å². The Morgan fingerprint density at radius 1 is 1.00 bits per heavy atom. The van der Waals surface area contributed by atoms with Gasteiger partial charge in [-0.3, -0.25) is 4.79 Å². The first-order valence-electron chi connectivity index (χ1n) is 11.0. The van der Waals surface area contributed by atoms with Crippen molar-refractivity contribution < 1.29 is 4.79 Å². The third-order valence-electron chi connectivity index (χ3n) is 6.32. The van der Waals surface area contributed by atoms with Gasteiger partial charge in [-0.15, -0.1) is 11.3 Å². The Labute approximate surface area is 199 Å². The number of nitrogens with zero attached hydrogens (tertiary/aromatic N) is 3. The van der Waals surface area contributed by atoms with Crippen molar-refractivity contribution in [1.82, 2.24) is 14.5 Å². The van der Waals surface area contributed by atoms with Crippen molar-refractivity contribution in [3.8, 4) is 10.6 Å². The number of hydrogen-bond acceptors (Lipinski definition) is 4. The lowest BCUT2D eigenvalue weighted by Crippen LogP contribution is -2.28. The molecule has 5 nitrogen and oxygen atoms in total. The summed E-state index contributed by atoms with van der Waals surface area (Å²) in [5, 5.41) is 3.07. The van der Waals surface area contributed by atoms with E-state index in [0.29, 0.717) is 24.3 Å². The van der Waals surface area contributed by atoms with E-state index >= 15 is 0 Å². The van der Waals surface area contributed by atoms with Crippen LogP contribution < -0.4 is 5.73 Å². The van der Waals surface area contributed by atoms with Crippen molar-refractivity contribution in [1.29, 1.82) is 0 Å². The highest BCUT2D eigenvalue weighted by atomic mass is 32.1. The summed E-state index contributed by atoms with van der Waals surface area (Å²) >= 11 is 1.63. The molecule has 0 saturated carbocycles. The van der Waals surface area contributed by atoms with Crippen LogP contribution in [0.25, 0.3) is 10.6 Å². The third kappa shape index (κ3) is 4.44. The number of aromatic nitrogens is 2. The summed E-state index contributed by atoms with van der Waals surface area (Å²) in [4.78, 5) is 20.0. The second-order valence-corrected chi connectivity index (χ2v) is 9.45. The lowest BCUT2D eigenvalue weighted by Gasteiger charge is -2.20. The van der Waals surface area contributed by atoms with Crippen LogP contribution in [0.3, 0.4) is 0 Å². The molecular formula is C27H30N4OS. The van der Waals surface area contributed by atoms with Crippen LogP contribution in [0, 0.1) is 27.7 Å². The second-order valence-electron chi connectivity index (χ2n) is 8.59. The summed E-state index contributed by atoms with van der Waals surface area (Å²) in [6.45, 7) is 9.23. The quantitative estimate of drug-likeness (QED) is 0.400. The molecule has 0 aliphatic heterocycles. The molecule has 0 atom stereocenters. The number of thiazole rings is 1. The molecule has 0 radical (unpaired) electrons. The van der Waals surface area contributed by atoms with Crippen molar-refractivity contribution in [3.63, 3.8) is 0 Å². The Morgan fingerprint density at radius 3 is 2.33 bits per heavy atom. The Hall–Kier alpha value is -3.38. The number of nitrogens with two attached hydrogens (primary N) is 1. The van der Waals surface area contributed by atoms with E-state index < -0.39 is 0 Å². The second kappa shape index (κ2) is 9.24. The van der Waals surface area contributed by atoms with Gasteiger partial charge in [0, 0.05) is 35.9 Å². The Kier molecular flexibility index (Phi) is 6.38. The Balaban J connectivity index is 1.59. The van der Waals surface area contributed by atoms with Crippen LogP contribution in [0.15, 0.2) is 53.9 Å². The van der Waals surface area contributed by atoms with Gasteiger partial charge in [0.05, 0.1) is 23.5 Å². The van der Waals surface area contributed by atoms with Gasteiger partial charge in [0.2, 0.25) is 0 Å². The van der Waals surface area contributed by atoms with E-state index in [9.17, 15) is 4.79 Å². The van der Waals surface area contributed by atoms with Crippen LogP contribution in [0.5, 0.6) is 0 Å². The molecule has 0 aliphatic rings. The van der Waals surface area contributed by atoms with Crippen molar-refractivity contribution >= 4 is 22.9 Å². The van der Waals surface area contributed by atoms with Crippen LogP contribution >= 0.6 is 11.3 Å². The fraction of sp³-hybridized carbons (Fsp3) is 0.259. The molecule has 0 unspecified atom stereocenters. The number of anilines is 1. The van der Waals surface area contributed by atoms with E-state index in [1.165, 1.54) is 16.7 Å². The van der Waals surface area contributed by atoms with Gasteiger partial charge in [0.15, 0.2) is 0 Å². The number of amides is 1. The molecule has 33 heavy (non-hydrogen) atoms. The molecule has 4 rings (SSSR count). The highest BCUT2D eigenvalue weighted by molar-refractivity contribution is 7.13. The maximum Gasteiger partial charge on any atom is 0.257 e. The molecule has 2 aromatic carbocycles. The van der Waals surface area contributed by atoms with Gasteiger partial charge < -0.3 is 15.2 Å². The fourth-order valence-corrected chi connectivity index (χ4v) is 5.08. The van der Waals surface area contributed by atoms with Crippen molar-refractivity contribution in [3.05, 3.63) is 93.2 Å². The zero-order valence-corrected chi connectivity index (χ0v) is 20.7. The minimum absolute atomic E-state index is 0.0576. The summed E-state index contributed by atoms with van der Waals surface area (Å²) in [5.74, 6) is -0.0576. The minimum Gasteiger partial charge on any atom is -0.397 e. The molecule has 1 amide bonds. The molecule has 2 aromatic heterocycles. The highest BCUT2D eigenvalue weighted by Gasteiger charge is 2.25. The zero-order chi connectivity index (χ0) is 23.7. The van der Waals surface area contributed by atoms with Crippen LogP contribution in [-0.2, 0) is 13.1 Å². The largest absolute Gasteiger partial charge is 0.397 e. The minimum atomic E-state index is -0.0576. The van der Waals surface area contributed by atoms with E-state index in [1.807, 2.05) is 45.2 Å². The lowest BCUT2D eigenvalue weighted by molar-refractivity contribution is 0.0785. The average molecular weight is 459 g/mol. The molecule has 2 heterocycles. The zero-order valence-electron chi connectivity index (χ0n) is 19.8. The first-order chi connectivity index (χ1) is 15.8. The molecule has 0 bridgehead atoms. The van der Waals surface area contributed by atoms with Gasteiger partial charge in [-0.1, -0.05) is 48.5 Å². The number of rotatable bonds is 6. The van der Waals surface area contributed by atoms with Gasteiger partial charge in [0.1, 0.15) is 5.01 Å². The van der Waals surface area contributed by atoms with Crippen molar-refractivity contribution in [2.45, 2.75) is 40.8 Å². The first kappa shape index (κ1) is 22.8. The normalized spacial score (nSPS) is 11.1. The van der Waals surface area contributed by atoms with Gasteiger partial charge in [-0.25, -0.2) is 4.98 Å². The number of carbonyl (C=O) groups excluding carboxylic acids is 1. The first-order valence-corrected chi connectivity index (χ1v) is 11.9. The number of hydrogen-bond donors (Lipinski definition) is 1. The Morgan fingerprint density at radius 2 is 1.67 bits per heavy atom. The van der Waals surface area contributed by atoms with E-state index in [2.05, 4.69) is 48.1 Å². The highest BCUT2D eigenvalue weighted by Crippen LogP contribution is 2.29. The van der Waals surface area contributed by atoms with Gasteiger partial charge in [-0.2, -0.15) is 0 Å². The van der Waals surface area contributed by atoms with Crippen molar-refractivity contribution in [2.75, 3.05) is 12.8 Å². The maximum atomic E-state index is 13.4. The van der Waals surface area contributed by atoms with Crippen LogP contribution in [0.1, 0.15) is 44.1 Å². The predicted molar refractivity (Wildman–Crippen MR) is 137 cm³/mol. The Bertz CT molecular complexity index is 1280. The summed E-state index contributed by atoms with van der Waals surface area (Å²) in [6, 6.07) is 16.4. The van der Waals surface area contributed by atoms with Gasteiger partial charge in [-0.05, 0) is 44.4 Å². The molecule has 0 saturated heterocycles. The smallest absolute Gasteiger partial charge is 0.257 e. The lowest BCUT2D eigenvalue weighted by atomic mass is 10.0. The number of nitrogen functional groups attached to an aromatic ring is 1. The van der Waals surface area contributed by atoms with Crippen LogP contribution in [0.4, 0.5) is 5.69 Å². The molecule has 2 N–H and O–H groups in total. The molecule has 0 fully saturated rings. The van der Waals surface area contributed by atoms with Crippen LogP contribution in [-0.4, -0.2) is 27.4 Å². The van der Waals surface area contributed by atoms with E-state index in [0.717, 1.165) is 27.7 Å². The molecule has 0 spiro atoms. The topological polar surface area (TPSA) is 64.2 Å². The number of carbonyl (C=O) groups is 1. The molecule has 0 aliphatic carbocycles. The molecule has 170 valence electrons. The number of benzene rings is 2. The van der Waals surface area contributed by atoms with E-state index in [1.54, 1.807) is 16.2 Å². The van der Waals surface area contributed by atoms with Gasteiger partial charge >= 0.3 is 0 Å². The summed E-state index contributed by atoms with van der Waals surface area (Å²) in [7, 11) is 1.84. The predicted octanol–water partition coefficient (Wildman–Crippen LogP) is 5.75. The fourth-order valence-electron chi connectivity index (χ4n) is 4.27. The average Bonchev–Trinajstić information content (AvgIpc) is 3.35. The summed E-state index contributed by atoms with van der Waals surface area (Å²) < 4.78 is 2.10. The molecule has 6 heteroatoms. The SMILES string of the molecule is Cc1cccc(C)c1CN(C)C(=O)c1c(N)c(C)n(Cc2csc(-c3ccccc3)n2)c1C. The molecular weight excluding hydrogens is 428 g/mol. The summed E-state index contributed by atoms with van der Waals surface area (Å²) in [6.07, 6.45) is 0. The third-order valence-corrected chi connectivity index (χ3v) is 7.26. The van der Waals surface area contributed by atoms with Crippen LogP contribution in [0.2, 0.25) is 0 Å². The maximum absolute atomic E-state index is 13.4. The summed E-state index contributed by atoms with van der Waals surface area (Å²) in [5.41, 5.74) is 15.0. The van der Waals surface area contributed by atoms with E-state index in [4.69, 9.17) is 10.7 Å². The van der Waals surface area contributed by atoms with E-state index in [-0.39, 0.29) is 5.91 Å². The van der Waals surface area contributed by atoms with Gasteiger partial charge in [0.25, 0.3) is 5.91 Å². The monoisotopic (exact) mass is 458 g/mol. The standard InChI is InChI=1S/C27H30N4OS/c1-17-10-9-11-18(2)23(17)15-30(5)27(32)24-19(3)31(20(4)25(24)28)14-22-16-33-26(29-22)21-12-7-6-8-13-21/h6-13,16H,14-15,28H2,1-5H3. The molecule has 4 aromatic rings. The number of aryl methyl sites for hydroxylation is 2.